The van der Waals surface area contributed by atoms with E-state index in [2.05, 4.69) is 26.0 Å². The van der Waals surface area contributed by atoms with E-state index in [0.717, 1.165) is 15.6 Å². The second-order valence-electron chi connectivity index (χ2n) is 3.71. The minimum atomic E-state index is -0.267. The first kappa shape index (κ1) is 11.6. The number of aromatic nitrogens is 3. The van der Waals surface area contributed by atoms with Crippen LogP contribution in [0, 0.1) is 5.82 Å². The highest BCUT2D eigenvalue weighted by Gasteiger charge is 2.14. The van der Waals surface area contributed by atoms with Crippen LogP contribution in [0.1, 0.15) is 0 Å². The van der Waals surface area contributed by atoms with Gasteiger partial charge in [0.1, 0.15) is 17.7 Å². The zero-order valence-electron chi connectivity index (χ0n) is 8.94. The summed E-state index contributed by atoms with van der Waals surface area (Å²) >= 11 is 9.51. The summed E-state index contributed by atoms with van der Waals surface area (Å²) in [6.07, 6.45) is 3.20. The van der Waals surface area contributed by atoms with Gasteiger partial charge in [-0.15, -0.1) is 0 Å². The fraction of sp³-hybridized carbons (Fsp3) is 0. The van der Waals surface area contributed by atoms with E-state index in [-0.39, 0.29) is 5.82 Å². The molecule has 0 saturated carbocycles. The van der Waals surface area contributed by atoms with E-state index in [4.69, 9.17) is 11.6 Å². The Kier molecular flexibility index (Phi) is 2.80. The molecule has 2 aromatic heterocycles. The minimum absolute atomic E-state index is 0.267. The van der Waals surface area contributed by atoms with E-state index in [1.807, 2.05) is 6.20 Å². The van der Waals surface area contributed by atoms with Crippen molar-refractivity contribution in [2.24, 2.45) is 0 Å². The Labute approximate surface area is 115 Å². The van der Waals surface area contributed by atoms with Gasteiger partial charge in [0.25, 0.3) is 0 Å². The number of nitrogens with zero attached hydrogens (tertiary/aromatic N) is 3. The minimum Gasteiger partial charge on any atom is -0.235 e. The van der Waals surface area contributed by atoms with Crippen molar-refractivity contribution in [1.82, 2.24) is 14.6 Å². The summed E-state index contributed by atoms with van der Waals surface area (Å²) in [5, 5.41) is 4.45. The molecular weight excluding hydrogens is 321 g/mol. The van der Waals surface area contributed by atoms with E-state index in [1.54, 1.807) is 16.6 Å². The van der Waals surface area contributed by atoms with Crippen molar-refractivity contribution in [3.8, 4) is 11.1 Å². The van der Waals surface area contributed by atoms with Crippen LogP contribution < -0.4 is 0 Å². The summed E-state index contributed by atoms with van der Waals surface area (Å²) in [5.41, 5.74) is 2.46. The van der Waals surface area contributed by atoms with Crippen LogP contribution in [0.4, 0.5) is 4.39 Å². The zero-order valence-corrected chi connectivity index (χ0v) is 11.3. The average Bonchev–Trinajstić information content (AvgIpc) is 2.69. The smallest absolute Gasteiger partial charge is 0.157 e. The van der Waals surface area contributed by atoms with Crippen molar-refractivity contribution in [2.45, 2.75) is 0 Å². The Hall–Kier alpha value is -1.46. The number of halogens is 3. The first-order valence-corrected chi connectivity index (χ1v) is 6.27. The second kappa shape index (κ2) is 4.33. The van der Waals surface area contributed by atoms with E-state index in [0.29, 0.717) is 10.7 Å². The highest BCUT2D eigenvalue weighted by molar-refractivity contribution is 9.10. The largest absolute Gasteiger partial charge is 0.235 e. The van der Waals surface area contributed by atoms with Crippen LogP contribution in [0.25, 0.3) is 16.6 Å². The first-order valence-electron chi connectivity index (χ1n) is 5.10. The predicted octanol–water partition coefficient (Wildman–Crippen LogP) is 3.95. The van der Waals surface area contributed by atoms with Gasteiger partial charge < -0.3 is 0 Å². The molecule has 0 spiro atoms. The Morgan fingerprint density at radius 1 is 1.22 bits per heavy atom. The molecule has 0 amide bonds. The molecule has 0 saturated heterocycles. The van der Waals surface area contributed by atoms with Crippen molar-refractivity contribution in [3.05, 3.63) is 52.2 Å². The standard InChI is InChI=1S/C12H6BrClFN3/c13-10-9(7-1-3-8(15)4-2-7)5-18-11(10)12(14)16-6-17-18/h1-6H. The van der Waals surface area contributed by atoms with E-state index in [1.165, 1.54) is 18.5 Å². The third-order valence-corrected chi connectivity index (χ3v) is 3.70. The Morgan fingerprint density at radius 3 is 2.61 bits per heavy atom. The Balaban J connectivity index is 2.27. The third-order valence-electron chi connectivity index (χ3n) is 2.62. The molecule has 0 unspecified atom stereocenters. The second-order valence-corrected chi connectivity index (χ2v) is 4.86. The van der Waals surface area contributed by atoms with Gasteiger partial charge >= 0.3 is 0 Å². The molecule has 0 bridgehead atoms. The van der Waals surface area contributed by atoms with Gasteiger partial charge in [0, 0.05) is 11.8 Å². The maximum atomic E-state index is 12.9. The van der Waals surface area contributed by atoms with Gasteiger partial charge in [0.05, 0.1) is 4.47 Å². The summed E-state index contributed by atoms with van der Waals surface area (Å²) in [4.78, 5) is 3.93. The monoisotopic (exact) mass is 325 g/mol. The van der Waals surface area contributed by atoms with E-state index >= 15 is 0 Å². The molecule has 0 aliphatic carbocycles. The van der Waals surface area contributed by atoms with Crippen molar-refractivity contribution < 1.29 is 4.39 Å². The fourth-order valence-corrected chi connectivity index (χ4v) is 2.81. The Morgan fingerprint density at radius 2 is 1.94 bits per heavy atom. The van der Waals surface area contributed by atoms with Gasteiger partial charge in [-0.05, 0) is 33.6 Å². The number of benzene rings is 1. The highest BCUT2D eigenvalue weighted by Crippen LogP contribution is 2.35. The van der Waals surface area contributed by atoms with Gasteiger partial charge in [-0.3, -0.25) is 0 Å². The van der Waals surface area contributed by atoms with Crippen LogP contribution in [0.2, 0.25) is 5.15 Å². The SMILES string of the molecule is Fc1ccc(-c2cn3ncnc(Cl)c3c2Br)cc1. The van der Waals surface area contributed by atoms with Gasteiger partial charge in [-0.2, -0.15) is 5.10 Å². The van der Waals surface area contributed by atoms with Gasteiger partial charge in [0.2, 0.25) is 0 Å². The fourth-order valence-electron chi connectivity index (χ4n) is 1.77. The van der Waals surface area contributed by atoms with Crippen molar-refractivity contribution in [3.63, 3.8) is 0 Å². The summed E-state index contributed by atoms with van der Waals surface area (Å²) in [6.45, 7) is 0. The topological polar surface area (TPSA) is 30.2 Å². The zero-order chi connectivity index (χ0) is 12.7. The number of hydrogen-bond donors (Lipinski definition) is 0. The molecule has 3 nitrogen and oxygen atoms in total. The average molecular weight is 327 g/mol. The molecule has 0 N–H and O–H groups in total. The van der Waals surface area contributed by atoms with Crippen LogP contribution in [0.5, 0.6) is 0 Å². The summed E-state index contributed by atoms with van der Waals surface area (Å²) < 4.78 is 15.3. The summed E-state index contributed by atoms with van der Waals surface area (Å²) in [5.74, 6) is -0.267. The van der Waals surface area contributed by atoms with E-state index < -0.39 is 0 Å². The summed E-state index contributed by atoms with van der Waals surface area (Å²) in [7, 11) is 0. The molecule has 3 aromatic rings. The van der Waals surface area contributed by atoms with Crippen molar-refractivity contribution in [1.29, 1.82) is 0 Å². The van der Waals surface area contributed by atoms with Gasteiger partial charge in [-0.1, -0.05) is 23.7 Å². The molecule has 0 aliphatic heterocycles. The van der Waals surface area contributed by atoms with E-state index in [9.17, 15) is 4.39 Å². The molecule has 1 aromatic carbocycles. The summed E-state index contributed by atoms with van der Waals surface area (Å²) in [6, 6.07) is 6.24. The molecule has 0 atom stereocenters. The van der Waals surface area contributed by atoms with Crippen LogP contribution in [0.15, 0.2) is 41.3 Å². The highest BCUT2D eigenvalue weighted by atomic mass is 79.9. The molecule has 0 aliphatic rings. The molecule has 90 valence electrons. The maximum absolute atomic E-state index is 12.9. The molecule has 6 heteroatoms. The van der Waals surface area contributed by atoms with Crippen molar-refractivity contribution in [2.75, 3.05) is 0 Å². The molecule has 0 radical (unpaired) electrons. The Bertz CT molecular complexity index is 724. The van der Waals surface area contributed by atoms with Crippen LogP contribution in [0.3, 0.4) is 0 Å². The third kappa shape index (κ3) is 1.79. The predicted molar refractivity (Wildman–Crippen MR) is 71.1 cm³/mol. The lowest BCUT2D eigenvalue weighted by molar-refractivity contribution is 0.628. The number of hydrogen-bond acceptors (Lipinski definition) is 2. The normalized spacial score (nSPS) is 11.1. The molecule has 2 heterocycles. The quantitative estimate of drug-likeness (QED) is 0.678. The lowest BCUT2D eigenvalue weighted by atomic mass is 10.1. The lowest BCUT2D eigenvalue weighted by Crippen LogP contribution is -1.90. The van der Waals surface area contributed by atoms with Crippen LogP contribution in [-0.4, -0.2) is 14.6 Å². The van der Waals surface area contributed by atoms with Crippen molar-refractivity contribution >= 4 is 33.0 Å². The molecular formula is C12H6BrClFN3. The number of fused-ring (bicyclic) bond motifs is 1. The molecule has 18 heavy (non-hydrogen) atoms. The maximum Gasteiger partial charge on any atom is 0.157 e. The number of rotatable bonds is 1. The van der Waals surface area contributed by atoms with Gasteiger partial charge in [-0.25, -0.2) is 13.9 Å². The lowest BCUT2D eigenvalue weighted by Gasteiger charge is -1.98. The first-order chi connectivity index (χ1) is 8.66. The molecule has 0 fully saturated rings. The van der Waals surface area contributed by atoms with Gasteiger partial charge in [0.15, 0.2) is 5.15 Å². The van der Waals surface area contributed by atoms with Crippen LogP contribution in [-0.2, 0) is 0 Å². The van der Waals surface area contributed by atoms with Crippen LogP contribution >= 0.6 is 27.5 Å². The molecule has 3 rings (SSSR count).